The van der Waals surface area contributed by atoms with Crippen molar-refractivity contribution in [2.45, 2.75) is 12.6 Å². The number of benzene rings is 1. The third-order valence-electron chi connectivity index (χ3n) is 2.85. The molecule has 4 nitrogen and oxygen atoms in total. The maximum Gasteiger partial charge on any atom is 0.0638 e. The highest BCUT2D eigenvalue weighted by atomic mass is 16.5. The lowest BCUT2D eigenvalue weighted by molar-refractivity contribution is 0.128. The first kappa shape index (κ1) is 12.1. The van der Waals surface area contributed by atoms with Gasteiger partial charge >= 0.3 is 0 Å². The minimum absolute atomic E-state index is 0.0193. The van der Waals surface area contributed by atoms with Crippen LogP contribution in [0.3, 0.4) is 0 Å². The maximum atomic E-state index is 9.16. The lowest BCUT2D eigenvalue weighted by atomic mass is 10.1. The number of aromatic amines is 1. The molecule has 1 heterocycles. The predicted molar refractivity (Wildman–Crippen MR) is 67.9 cm³/mol. The van der Waals surface area contributed by atoms with Crippen molar-refractivity contribution in [3.63, 3.8) is 0 Å². The zero-order chi connectivity index (χ0) is 12.1. The average Bonchev–Trinajstić information content (AvgIpc) is 2.83. The van der Waals surface area contributed by atoms with Crippen molar-refractivity contribution < 1.29 is 9.84 Å². The summed E-state index contributed by atoms with van der Waals surface area (Å²) in [6.45, 7) is 1.32. The SMILES string of the molecule is COCC(CO)NCc1cccc2[nH]ccc12. The first-order chi connectivity index (χ1) is 8.35. The standard InChI is InChI=1S/C13H18N2O2/c1-17-9-11(8-16)15-7-10-3-2-4-13-12(10)5-6-14-13/h2-6,11,14-16H,7-9H2,1H3. The fourth-order valence-electron chi connectivity index (χ4n) is 1.94. The highest BCUT2D eigenvalue weighted by Crippen LogP contribution is 2.17. The van der Waals surface area contributed by atoms with Crippen LogP contribution >= 0.6 is 0 Å². The van der Waals surface area contributed by atoms with Gasteiger partial charge in [-0.2, -0.15) is 0 Å². The van der Waals surface area contributed by atoms with Crippen molar-refractivity contribution in [1.29, 1.82) is 0 Å². The second-order valence-electron chi connectivity index (χ2n) is 4.07. The molecule has 0 aliphatic rings. The summed E-state index contributed by atoms with van der Waals surface area (Å²) in [5.41, 5.74) is 2.36. The molecular weight excluding hydrogens is 216 g/mol. The second-order valence-corrected chi connectivity index (χ2v) is 4.07. The Morgan fingerprint density at radius 1 is 1.41 bits per heavy atom. The van der Waals surface area contributed by atoms with Crippen LogP contribution in [0.5, 0.6) is 0 Å². The number of aliphatic hydroxyl groups is 1. The van der Waals surface area contributed by atoms with Crippen LogP contribution in [-0.2, 0) is 11.3 Å². The van der Waals surface area contributed by atoms with E-state index in [4.69, 9.17) is 9.84 Å². The molecule has 0 aliphatic carbocycles. The number of hydrogen-bond donors (Lipinski definition) is 3. The van der Waals surface area contributed by atoms with E-state index in [0.717, 1.165) is 12.1 Å². The smallest absolute Gasteiger partial charge is 0.0638 e. The first-order valence-electron chi connectivity index (χ1n) is 5.73. The number of hydrogen-bond acceptors (Lipinski definition) is 3. The normalized spacial score (nSPS) is 13.1. The van der Waals surface area contributed by atoms with E-state index in [0.29, 0.717) is 6.61 Å². The van der Waals surface area contributed by atoms with E-state index in [9.17, 15) is 0 Å². The molecule has 0 bridgehead atoms. The van der Waals surface area contributed by atoms with Gasteiger partial charge in [0.2, 0.25) is 0 Å². The van der Waals surface area contributed by atoms with Crippen molar-refractivity contribution in [3.05, 3.63) is 36.0 Å². The summed E-state index contributed by atoms with van der Waals surface area (Å²) in [5, 5.41) is 13.7. The van der Waals surface area contributed by atoms with Gasteiger partial charge in [-0.25, -0.2) is 0 Å². The van der Waals surface area contributed by atoms with Crippen LogP contribution in [0.15, 0.2) is 30.5 Å². The van der Waals surface area contributed by atoms with Crippen LogP contribution in [-0.4, -0.2) is 36.5 Å². The van der Waals surface area contributed by atoms with E-state index in [2.05, 4.69) is 28.5 Å². The van der Waals surface area contributed by atoms with Crippen LogP contribution < -0.4 is 5.32 Å². The highest BCUT2D eigenvalue weighted by molar-refractivity contribution is 5.82. The molecule has 0 saturated carbocycles. The molecule has 17 heavy (non-hydrogen) atoms. The molecule has 1 aromatic carbocycles. The van der Waals surface area contributed by atoms with Gasteiger partial charge in [0.15, 0.2) is 0 Å². The molecule has 0 amide bonds. The van der Waals surface area contributed by atoms with Gasteiger partial charge in [-0.15, -0.1) is 0 Å². The number of nitrogens with one attached hydrogen (secondary N) is 2. The van der Waals surface area contributed by atoms with Gasteiger partial charge in [0.1, 0.15) is 0 Å². The van der Waals surface area contributed by atoms with Crippen molar-refractivity contribution in [2.24, 2.45) is 0 Å². The van der Waals surface area contributed by atoms with Crippen molar-refractivity contribution in [2.75, 3.05) is 20.3 Å². The Morgan fingerprint density at radius 2 is 2.29 bits per heavy atom. The number of H-pyrrole nitrogens is 1. The van der Waals surface area contributed by atoms with Gasteiger partial charge in [0, 0.05) is 30.8 Å². The van der Waals surface area contributed by atoms with E-state index in [1.54, 1.807) is 7.11 Å². The zero-order valence-corrected chi connectivity index (χ0v) is 9.94. The number of fused-ring (bicyclic) bond motifs is 1. The van der Waals surface area contributed by atoms with E-state index in [1.165, 1.54) is 10.9 Å². The molecular formula is C13H18N2O2. The molecule has 1 aromatic heterocycles. The first-order valence-corrected chi connectivity index (χ1v) is 5.73. The Hall–Kier alpha value is -1.36. The lowest BCUT2D eigenvalue weighted by Crippen LogP contribution is -2.35. The molecule has 0 saturated heterocycles. The van der Waals surface area contributed by atoms with Crippen LogP contribution in [0.4, 0.5) is 0 Å². The van der Waals surface area contributed by atoms with Crippen molar-refractivity contribution >= 4 is 10.9 Å². The van der Waals surface area contributed by atoms with Gasteiger partial charge in [0.25, 0.3) is 0 Å². The van der Waals surface area contributed by atoms with E-state index < -0.39 is 0 Å². The molecule has 2 aromatic rings. The monoisotopic (exact) mass is 234 g/mol. The molecule has 1 atom stereocenters. The molecule has 0 fully saturated rings. The van der Waals surface area contributed by atoms with E-state index in [-0.39, 0.29) is 12.6 Å². The fourth-order valence-corrected chi connectivity index (χ4v) is 1.94. The van der Waals surface area contributed by atoms with E-state index >= 15 is 0 Å². The Balaban J connectivity index is 2.05. The molecule has 2 rings (SSSR count). The molecule has 3 N–H and O–H groups in total. The maximum absolute atomic E-state index is 9.16. The highest BCUT2D eigenvalue weighted by Gasteiger charge is 2.07. The number of ether oxygens (including phenoxy) is 1. The molecule has 1 unspecified atom stereocenters. The quantitative estimate of drug-likeness (QED) is 0.705. The summed E-state index contributed by atoms with van der Waals surface area (Å²) < 4.78 is 5.03. The summed E-state index contributed by atoms with van der Waals surface area (Å²) in [7, 11) is 1.64. The average molecular weight is 234 g/mol. The Kier molecular flexibility index (Phi) is 4.14. The molecule has 0 radical (unpaired) electrons. The van der Waals surface area contributed by atoms with Crippen LogP contribution in [0.2, 0.25) is 0 Å². The molecule has 0 spiro atoms. The van der Waals surface area contributed by atoms with Crippen LogP contribution in [0.25, 0.3) is 10.9 Å². The topological polar surface area (TPSA) is 57.3 Å². The fraction of sp³-hybridized carbons (Fsp3) is 0.385. The predicted octanol–water partition coefficient (Wildman–Crippen LogP) is 1.26. The molecule has 0 aliphatic heterocycles. The van der Waals surface area contributed by atoms with Gasteiger partial charge in [-0.05, 0) is 17.7 Å². The largest absolute Gasteiger partial charge is 0.395 e. The number of aromatic nitrogens is 1. The van der Waals surface area contributed by atoms with Gasteiger partial charge in [-0.3, -0.25) is 0 Å². The van der Waals surface area contributed by atoms with Gasteiger partial charge in [0.05, 0.1) is 19.3 Å². The summed E-state index contributed by atoms with van der Waals surface area (Å²) >= 11 is 0. The van der Waals surface area contributed by atoms with Crippen molar-refractivity contribution in [3.8, 4) is 0 Å². The Morgan fingerprint density at radius 3 is 3.06 bits per heavy atom. The minimum Gasteiger partial charge on any atom is -0.395 e. The van der Waals surface area contributed by atoms with E-state index in [1.807, 2.05) is 12.3 Å². The van der Waals surface area contributed by atoms with Crippen LogP contribution in [0.1, 0.15) is 5.56 Å². The summed E-state index contributed by atoms with van der Waals surface area (Å²) in [4.78, 5) is 3.18. The third-order valence-corrected chi connectivity index (χ3v) is 2.85. The van der Waals surface area contributed by atoms with Gasteiger partial charge < -0.3 is 20.1 Å². The Labute approximate surface area is 101 Å². The molecule has 92 valence electrons. The van der Waals surface area contributed by atoms with Gasteiger partial charge in [-0.1, -0.05) is 12.1 Å². The van der Waals surface area contributed by atoms with Crippen molar-refractivity contribution in [1.82, 2.24) is 10.3 Å². The third kappa shape index (κ3) is 2.85. The zero-order valence-electron chi connectivity index (χ0n) is 9.94. The van der Waals surface area contributed by atoms with Crippen LogP contribution in [0, 0.1) is 0 Å². The Bertz CT molecular complexity index is 467. The summed E-state index contributed by atoms with van der Waals surface area (Å²) in [6, 6.07) is 8.22. The molecule has 4 heteroatoms. The lowest BCUT2D eigenvalue weighted by Gasteiger charge is -2.15. The summed E-state index contributed by atoms with van der Waals surface area (Å²) in [6.07, 6.45) is 1.94. The summed E-state index contributed by atoms with van der Waals surface area (Å²) in [5.74, 6) is 0. The second kappa shape index (κ2) is 5.82. The minimum atomic E-state index is -0.0193. The number of rotatable bonds is 6. The number of aliphatic hydroxyl groups excluding tert-OH is 1. The number of methoxy groups -OCH3 is 1.